The minimum absolute atomic E-state index is 0.207. The first-order chi connectivity index (χ1) is 7.25. The molecule has 0 atom stereocenters. The van der Waals surface area contributed by atoms with E-state index in [0.717, 1.165) is 25.9 Å². The second kappa shape index (κ2) is 4.39. The van der Waals surface area contributed by atoms with E-state index >= 15 is 0 Å². The molecule has 2 heterocycles. The van der Waals surface area contributed by atoms with Gasteiger partial charge in [0.15, 0.2) is 0 Å². The van der Waals surface area contributed by atoms with E-state index in [1.54, 1.807) is 6.92 Å². The van der Waals surface area contributed by atoms with Crippen molar-refractivity contribution < 1.29 is 4.79 Å². The maximum atomic E-state index is 11.6. The number of H-pyrrole nitrogens is 1. The third-order valence-electron chi connectivity index (χ3n) is 2.42. The number of nitrogens with zero attached hydrogens (tertiary/aromatic N) is 3. The third-order valence-corrected chi connectivity index (χ3v) is 2.42. The second-order valence-corrected chi connectivity index (χ2v) is 3.73. The van der Waals surface area contributed by atoms with E-state index in [2.05, 4.69) is 20.6 Å². The lowest BCUT2D eigenvalue weighted by atomic mass is 10.2. The van der Waals surface area contributed by atoms with Crippen LogP contribution in [0.3, 0.4) is 0 Å². The van der Waals surface area contributed by atoms with E-state index < -0.39 is 0 Å². The molecule has 0 aromatic carbocycles. The molecule has 1 aromatic rings. The number of aromatic nitrogens is 3. The lowest BCUT2D eigenvalue weighted by molar-refractivity contribution is 0.0739. The molecular formula is C9H15N5O. The van der Waals surface area contributed by atoms with Crippen LogP contribution in [0.25, 0.3) is 0 Å². The molecule has 0 bridgehead atoms. The van der Waals surface area contributed by atoms with Gasteiger partial charge >= 0.3 is 5.91 Å². The zero-order valence-corrected chi connectivity index (χ0v) is 8.79. The highest BCUT2D eigenvalue weighted by Gasteiger charge is 2.16. The van der Waals surface area contributed by atoms with Crippen LogP contribution in [-0.4, -0.2) is 39.2 Å². The van der Waals surface area contributed by atoms with Gasteiger partial charge in [0.1, 0.15) is 5.82 Å². The maximum absolute atomic E-state index is 11.6. The van der Waals surface area contributed by atoms with E-state index in [9.17, 15) is 4.79 Å². The lowest BCUT2D eigenvalue weighted by Gasteiger charge is -2.26. The molecule has 0 aliphatic carbocycles. The average Bonchev–Trinajstić information content (AvgIpc) is 2.66. The Hall–Kier alpha value is -1.43. The minimum atomic E-state index is -0.235. The Morgan fingerprint density at radius 3 is 2.73 bits per heavy atom. The first-order valence-corrected chi connectivity index (χ1v) is 5.20. The molecule has 6 heteroatoms. The molecule has 1 aromatic heterocycles. The van der Waals surface area contributed by atoms with Crippen LogP contribution >= 0.6 is 0 Å². The molecule has 1 aliphatic heterocycles. The third kappa shape index (κ3) is 2.53. The van der Waals surface area contributed by atoms with Crippen LogP contribution in [0.2, 0.25) is 0 Å². The normalized spacial score (nSPS) is 17.7. The second-order valence-electron chi connectivity index (χ2n) is 3.73. The molecule has 2 N–H and O–H groups in total. The summed E-state index contributed by atoms with van der Waals surface area (Å²) in [6.45, 7) is 3.59. The summed E-state index contributed by atoms with van der Waals surface area (Å²) < 4.78 is 0. The Kier molecular flexibility index (Phi) is 2.96. The van der Waals surface area contributed by atoms with Gasteiger partial charge in [-0.05, 0) is 19.8 Å². The maximum Gasteiger partial charge on any atom is 0.305 e. The zero-order valence-electron chi connectivity index (χ0n) is 8.79. The fourth-order valence-corrected chi connectivity index (χ4v) is 1.64. The van der Waals surface area contributed by atoms with Crippen molar-refractivity contribution in [3.8, 4) is 0 Å². The molecule has 0 saturated carbocycles. The number of piperidine rings is 1. The Morgan fingerprint density at radius 2 is 2.13 bits per heavy atom. The molecule has 0 spiro atoms. The summed E-state index contributed by atoms with van der Waals surface area (Å²) >= 11 is 0. The van der Waals surface area contributed by atoms with Gasteiger partial charge in [-0.1, -0.05) is 6.42 Å². The van der Waals surface area contributed by atoms with Crippen molar-refractivity contribution in [1.82, 2.24) is 25.6 Å². The zero-order chi connectivity index (χ0) is 10.7. The van der Waals surface area contributed by atoms with E-state index in [0.29, 0.717) is 5.82 Å². The fraction of sp³-hybridized carbons (Fsp3) is 0.667. The largest absolute Gasteiger partial charge is 0.305 e. The first-order valence-electron chi connectivity index (χ1n) is 5.20. The van der Waals surface area contributed by atoms with Crippen LogP contribution in [-0.2, 0) is 0 Å². The summed E-state index contributed by atoms with van der Waals surface area (Å²) in [5, 5.41) is 8.38. The number of hydrogen-bond acceptors (Lipinski definition) is 4. The first kappa shape index (κ1) is 10.1. The Labute approximate surface area is 88.0 Å². The van der Waals surface area contributed by atoms with Crippen molar-refractivity contribution in [2.75, 3.05) is 13.1 Å². The quantitative estimate of drug-likeness (QED) is 0.732. The average molecular weight is 209 g/mol. The molecule has 0 radical (unpaired) electrons. The molecule has 6 nitrogen and oxygen atoms in total. The van der Waals surface area contributed by atoms with Crippen molar-refractivity contribution in [1.29, 1.82) is 0 Å². The highest BCUT2D eigenvalue weighted by Crippen LogP contribution is 2.06. The van der Waals surface area contributed by atoms with Gasteiger partial charge in [-0.2, -0.15) is 0 Å². The number of hydrazine groups is 1. The topological polar surface area (TPSA) is 73.9 Å². The van der Waals surface area contributed by atoms with Crippen molar-refractivity contribution in [2.24, 2.45) is 0 Å². The molecule has 15 heavy (non-hydrogen) atoms. The fourth-order valence-electron chi connectivity index (χ4n) is 1.64. The number of aromatic amines is 1. The number of nitrogens with one attached hydrogen (secondary N) is 2. The van der Waals surface area contributed by atoms with Crippen molar-refractivity contribution >= 4 is 5.91 Å². The summed E-state index contributed by atoms with van der Waals surface area (Å²) in [5.41, 5.74) is 2.80. The van der Waals surface area contributed by atoms with Crippen LogP contribution < -0.4 is 5.43 Å². The van der Waals surface area contributed by atoms with Gasteiger partial charge in [-0.15, -0.1) is 5.10 Å². The van der Waals surface area contributed by atoms with E-state index in [1.807, 2.05) is 5.01 Å². The minimum Gasteiger partial charge on any atom is -0.282 e. The van der Waals surface area contributed by atoms with E-state index in [4.69, 9.17) is 0 Å². The van der Waals surface area contributed by atoms with Crippen LogP contribution in [0.5, 0.6) is 0 Å². The summed E-state index contributed by atoms with van der Waals surface area (Å²) in [6, 6.07) is 0. The van der Waals surface area contributed by atoms with Crippen LogP contribution in [0.4, 0.5) is 0 Å². The van der Waals surface area contributed by atoms with Gasteiger partial charge in [0.2, 0.25) is 5.82 Å². The number of aryl methyl sites for hydroxylation is 1. The summed E-state index contributed by atoms with van der Waals surface area (Å²) in [7, 11) is 0. The van der Waals surface area contributed by atoms with Crippen molar-refractivity contribution in [2.45, 2.75) is 26.2 Å². The summed E-state index contributed by atoms with van der Waals surface area (Å²) in [5.74, 6) is 0.623. The van der Waals surface area contributed by atoms with Crippen LogP contribution in [0.1, 0.15) is 35.7 Å². The van der Waals surface area contributed by atoms with Crippen LogP contribution in [0.15, 0.2) is 0 Å². The molecule has 1 saturated heterocycles. The molecule has 0 unspecified atom stereocenters. The molecule has 1 amide bonds. The smallest absolute Gasteiger partial charge is 0.282 e. The summed E-state index contributed by atoms with van der Waals surface area (Å²) in [4.78, 5) is 15.6. The Morgan fingerprint density at radius 1 is 1.40 bits per heavy atom. The highest BCUT2D eigenvalue weighted by atomic mass is 16.2. The molecule has 1 aliphatic rings. The highest BCUT2D eigenvalue weighted by molar-refractivity contribution is 5.89. The predicted octanol–water partition coefficient (Wildman–Crippen LogP) is 0.244. The van der Waals surface area contributed by atoms with E-state index in [-0.39, 0.29) is 11.7 Å². The number of rotatable bonds is 2. The SMILES string of the molecule is Cc1nc(C(=O)NN2CCCCC2)n[nH]1. The van der Waals surface area contributed by atoms with Gasteiger partial charge in [0, 0.05) is 13.1 Å². The number of carbonyl (C=O) groups excluding carboxylic acids is 1. The number of amides is 1. The van der Waals surface area contributed by atoms with E-state index in [1.165, 1.54) is 6.42 Å². The number of carbonyl (C=O) groups is 1. The Balaban J connectivity index is 1.91. The monoisotopic (exact) mass is 209 g/mol. The van der Waals surface area contributed by atoms with Crippen molar-refractivity contribution in [3.05, 3.63) is 11.6 Å². The number of hydrogen-bond donors (Lipinski definition) is 2. The molecule has 82 valence electrons. The van der Waals surface area contributed by atoms with Gasteiger partial charge in [-0.25, -0.2) is 9.99 Å². The van der Waals surface area contributed by atoms with Crippen molar-refractivity contribution in [3.63, 3.8) is 0 Å². The van der Waals surface area contributed by atoms with Gasteiger partial charge in [-0.3, -0.25) is 15.3 Å². The van der Waals surface area contributed by atoms with Gasteiger partial charge < -0.3 is 0 Å². The Bertz CT molecular complexity index is 342. The molecule has 2 rings (SSSR count). The standard InChI is InChI=1S/C9H15N5O/c1-7-10-8(12-11-7)9(15)13-14-5-3-2-4-6-14/h2-6H2,1H3,(H,13,15)(H,10,11,12). The van der Waals surface area contributed by atoms with Gasteiger partial charge in [0.25, 0.3) is 0 Å². The lowest BCUT2D eigenvalue weighted by Crippen LogP contribution is -2.45. The van der Waals surface area contributed by atoms with Gasteiger partial charge in [0.05, 0.1) is 0 Å². The summed E-state index contributed by atoms with van der Waals surface area (Å²) in [6.07, 6.45) is 3.51. The molecule has 1 fully saturated rings. The molecular weight excluding hydrogens is 194 g/mol. The van der Waals surface area contributed by atoms with Crippen LogP contribution in [0, 0.1) is 6.92 Å². The predicted molar refractivity (Wildman–Crippen MR) is 54.0 cm³/mol.